The first kappa shape index (κ1) is 16.4. The summed E-state index contributed by atoms with van der Waals surface area (Å²) in [6.07, 6.45) is 0. The molecule has 1 saturated heterocycles. The van der Waals surface area contributed by atoms with Crippen LogP contribution in [0.15, 0.2) is 24.3 Å². The molecule has 0 spiro atoms. The van der Waals surface area contributed by atoms with Crippen molar-refractivity contribution in [2.45, 2.75) is 0 Å². The lowest BCUT2D eigenvalue weighted by atomic mass is 10.3. The molecular formula is C15H23N3O4. The lowest BCUT2D eigenvalue weighted by Crippen LogP contribution is -2.52. The molecule has 1 aliphatic heterocycles. The van der Waals surface area contributed by atoms with Gasteiger partial charge in [-0.15, -0.1) is 0 Å². The minimum absolute atomic E-state index is 0.0933. The second-order valence-electron chi connectivity index (χ2n) is 4.97. The van der Waals surface area contributed by atoms with Gasteiger partial charge in [-0.3, -0.25) is 4.90 Å². The standard InChI is InChI=1S/C15H23N3O4/c1-21-13-4-2-3-5-14(13)22-12-16-15(20)18-8-6-17(7-9-18)10-11-19/h2-5,19H,6-12H2,1H3,(H,16,20). The highest BCUT2D eigenvalue weighted by Gasteiger charge is 2.20. The van der Waals surface area contributed by atoms with Crippen LogP contribution in [-0.2, 0) is 0 Å². The Bertz CT molecular complexity index is 476. The Morgan fingerprint density at radius 1 is 1.23 bits per heavy atom. The number of methoxy groups -OCH3 is 1. The Morgan fingerprint density at radius 2 is 1.91 bits per heavy atom. The highest BCUT2D eigenvalue weighted by Crippen LogP contribution is 2.25. The summed E-state index contributed by atoms with van der Waals surface area (Å²) in [6.45, 7) is 3.77. The molecule has 0 saturated carbocycles. The first-order chi connectivity index (χ1) is 10.7. The summed E-state index contributed by atoms with van der Waals surface area (Å²) >= 11 is 0. The van der Waals surface area contributed by atoms with E-state index in [1.165, 1.54) is 0 Å². The van der Waals surface area contributed by atoms with Crippen LogP contribution in [0.3, 0.4) is 0 Å². The monoisotopic (exact) mass is 309 g/mol. The van der Waals surface area contributed by atoms with Gasteiger partial charge in [0.25, 0.3) is 0 Å². The molecule has 7 nitrogen and oxygen atoms in total. The predicted octanol–water partition coefficient (Wildman–Crippen LogP) is 0.351. The van der Waals surface area contributed by atoms with Gasteiger partial charge >= 0.3 is 6.03 Å². The van der Waals surface area contributed by atoms with Gasteiger partial charge in [-0.2, -0.15) is 0 Å². The van der Waals surface area contributed by atoms with E-state index < -0.39 is 0 Å². The van der Waals surface area contributed by atoms with E-state index >= 15 is 0 Å². The minimum atomic E-state index is -0.140. The van der Waals surface area contributed by atoms with Crippen LogP contribution in [0.25, 0.3) is 0 Å². The number of hydrogen-bond donors (Lipinski definition) is 2. The van der Waals surface area contributed by atoms with Crippen molar-refractivity contribution in [3.8, 4) is 11.5 Å². The van der Waals surface area contributed by atoms with Gasteiger partial charge in [-0.25, -0.2) is 4.79 Å². The van der Waals surface area contributed by atoms with Crippen molar-refractivity contribution < 1.29 is 19.4 Å². The van der Waals surface area contributed by atoms with Crippen molar-refractivity contribution in [1.29, 1.82) is 0 Å². The Hall–Kier alpha value is -1.99. The van der Waals surface area contributed by atoms with E-state index in [-0.39, 0.29) is 19.4 Å². The van der Waals surface area contributed by atoms with Crippen molar-refractivity contribution in [3.63, 3.8) is 0 Å². The normalized spacial score (nSPS) is 15.5. The highest BCUT2D eigenvalue weighted by atomic mass is 16.5. The minimum Gasteiger partial charge on any atom is -0.493 e. The van der Waals surface area contributed by atoms with Gasteiger partial charge in [0.05, 0.1) is 13.7 Å². The molecule has 1 aliphatic rings. The largest absolute Gasteiger partial charge is 0.493 e. The summed E-state index contributed by atoms with van der Waals surface area (Å²) in [4.78, 5) is 15.9. The maximum absolute atomic E-state index is 12.0. The highest BCUT2D eigenvalue weighted by molar-refractivity contribution is 5.74. The fraction of sp³-hybridized carbons (Fsp3) is 0.533. The molecule has 0 aliphatic carbocycles. The summed E-state index contributed by atoms with van der Waals surface area (Å²) in [5.41, 5.74) is 0. The maximum Gasteiger partial charge on any atom is 0.320 e. The lowest BCUT2D eigenvalue weighted by molar-refractivity contribution is 0.118. The van der Waals surface area contributed by atoms with Gasteiger partial charge in [0.1, 0.15) is 0 Å². The van der Waals surface area contributed by atoms with Crippen LogP contribution in [0.1, 0.15) is 0 Å². The van der Waals surface area contributed by atoms with Gasteiger partial charge in [-0.1, -0.05) is 12.1 Å². The molecule has 1 heterocycles. The third kappa shape index (κ3) is 4.51. The number of benzene rings is 1. The van der Waals surface area contributed by atoms with Crippen molar-refractivity contribution in [3.05, 3.63) is 24.3 Å². The average molecular weight is 309 g/mol. The van der Waals surface area contributed by atoms with E-state index in [1.807, 2.05) is 12.1 Å². The number of carbonyl (C=O) groups excluding carboxylic acids is 1. The summed E-state index contributed by atoms with van der Waals surface area (Å²) in [6, 6.07) is 7.16. The van der Waals surface area contributed by atoms with Gasteiger partial charge < -0.3 is 24.8 Å². The number of nitrogens with zero attached hydrogens (tertiary/aromatic N) is 2. The molecule has 0 radical (unpaired) electrons. The zero-order chi connectivity index (χ0) is 15.8. The molecule has 0 bridgehead atoms. The lowest BCUT2D eigenvalue weighted by Gasteiger charge is -2.34. The van der Waals surface area contributed by atoms with Gasteiger partial charge in [-0.05, 0) is 12.1 Å². The number of β-amino-alcohol motifs (C(OH)–C–C–N with tert-alkyl or cyclic N) is 1. The van der Waals surface area contributed by atoms with E-state index in [9.17, 15) is 4.79 Å². The van der Waals surface area contributed by atoms with Crippen LogP contribution in [0, 0.1) is 0 Å². The quantitative estimate of drug-likeness (QED) is 0.742. The number of carbonyl (C=O) groups is 1. The summed E-state index contributed by atoms with van der Waals surface area (Å²) in [7, 11) is 1.58. The van der Waals surface area contributed by atoms with Gasteiger partial charge in [0.2, 0.25) is 0 Å². The number of amides is 2. The second-order valence-corrected chi connectivity index (χ2v) is 4.97. The van der Waals surface area contributed by atoms with Crippen LogP contribution >= 0.6 is 0 Å². The summed E-state index contributed by atoms with van der Waals surface area (Å²) in [5, 5.41) is 11.6. The molecule has 1 fully saturated rings. The number of nitrogens with one attached hydrogen (secondary N) is 1. The van der Waals surface area contributed by atoms with Crippen LogP contribution in [0.5, 0.6) is 11.5 Å². The van der Waals surface area contributed by atoms with Crippen molar-refractivity contribution >= 4 is 6.03 Å². The third-order valence-electron chi connectivity index (χ3n) is 3.60. The Labute approximate surface area is 130 Å². The number of rotatable bonds is 6. The molecule has 0 atom stereocenters. The molecule has 1 aromatic rings. The second kappa shape index (κ2) is 8.45. The Balaban J connectivity index is 1.72. The molecule has 2 amide bonds. The molecule has 0 aromatic heterocycles. The molecule has 2 N–H and O–H groups in total. The molecular weight excluding hydrogens is 286 g/mol. The van der Waals surface area contributed by atoms with E-state index in [2.05, 4.69) is 10.2 Å². The zero-order valence-corrected chi connectivity index (χ0v) is 12.8. The van der Waals surface area contributed by atoms with Crippen molar-refractivity contribution in [1.82, 2.24) is 15.1 Å². The van der Waals surface area contributed by atoms with Crippen LogP contribution < -0.4 is 14.8 Å². The number of aliphatic hydroxyl groups excluding tert-OH is 1. The summed E-state index contributed by atoms with van der Waals surface area (Å²) < 4.78 is 10.7. The Kier molecular flexibility index (Phi) is 6.29. The van der Waals surface area contributed by atoms with E-state index in [4.69, 9.17) is 14.6 Å². The van der Waals surface area contributed by atoms with E-state index in [0.717, 1.165) is 13.1 Å². The van der Waals surface area contributed by atoms with Crippen molar-refractivity contribution in [2.24, 2.45) is 0 Å². The molecule has 22 heavy (non-hydrogen) atoms. The number of hydrogen-bond acceptors (Lipinski definition) is 5. The molecule has 0 unspecified atom stereocenters. The first-order valence-electron chi connectivity index (χ1n) is 7.36. The first-order valence-corrected chi connectivity index (χ1v) is 7.36. The predicted molar refractivity (Wildman–Crippen MR) is 82.1 cm³/mol. The number of ether oxygens (including phenoxy) is 2. The van der Waals surface area contributed by atoms with Crippen LogP contribution in [-0.4, -0.2) is 74.1 Å². The summed E-state index contributed by atoms with van der Waals surface area (Å²) in [5.74, 6) is 1.23. The molecule has 1 aromatic carbocycles. The van der Waals surface area contributed by atoms with Crippen molar-refractivity contribution in [2.75, 3.05) is 53.2 Å². The average Bonchev–Trinajstić information content (AvgIpc) is 2.56. The van der Waals surface area contributed by atoms with Crippen LogP contribution in [0.2, 0.25) is 0 Å². The fourth-order valence-electron chi connectivity index (χ4n) is 2.34. The number of para-hydroxylation sites is 2. The maximum atomic E-state index is 12.0. The Morgan fingerprint density at radius 3 is 2.55 bits per heavy atom. The topological polar surface area (TPSA) is 74.3 Å². The zero-order valence-electron chi connectivity index (χ0n) is 12.8. The number of aliphatic hydroxyl groups is 1. The smallest absolute Gasteiger partial charge is 0.320 e. The SMILES string of the molecule is COc1ccccc1OCNC(=O)N1CCN(CCO)CC1. The van der Waals surface area contributed by atoms with Gasteiger partial charge in [0.15, 0.2) is 18.2 Å². The molecule has 2 rings (SSSR count). The van der Waals surface area contributed by atoms with E-state index in [0.29, 0.717) is 31.1 Å². The third-order valence-corrected chi connectivity index (χ3v) is 3.60. The number of urea groups is 1. The van der Waals surface area contributed by atoms with Gasteiger partial charge in [0, 0.05) is 32.7 Å². The molecule has 7 heteroatoms. The fourth-order valence-corrected chi connectivity index (χ4v) is 2.34. The molecule has 122 valence electrons. The van der Waals surface area contributed by atoms with E-state index in [1.54, 1.807) is 24.1 Å². The van der Waals surface area contributed by atoms with Crippen LogP contribution in [0.4, 0.5) is 4.79 Å². The number of piperazine rings is 1.